The van der Waals surface area contributed by atoms with Gasteiger partial charge in [0.05, 0.1) is 0 Å². The van der Waals surface area contributed by atoms with Crippen LogP contribution in [0.2, 0.25) is 0 Å². The molecule has 0 radical (unpaired) electrons. The maximum Gasteiger partial charge on any atom is 0.0335 e. The average molecular weight is 258 g/mol. The molecule has 104 valence electrons. The molecule has 1 aliphatic carbocycles. The summed E-state index contributed by atoms with van der Waals surface area (Å²) in [6.07, 6.45) is 6.80. The van der Waals surface area contributed by atoms with Crippen LogP contribution in [0.5, 0.6) is 0 Å². The fourth-order valence-corrected chi connectivity index (χ4v) is 3.54. The third kappa shape index (κ3) is 2.70. The zero-order valence-electron chi connectivity index (χ0n) is 12.0. The van der Waals surface area contributed by atoms with Crippen LogP contribution < -0.4 is 10.6 Å². The Morgan fingerprint density at radius 1 is 1.32 bits per heavy atom. The first-order valence-electron chi connectivity index (χ1n) is 7.85. The zero-order valence-corrected chi connectivity index (χ0v) is 12.0. The Balaban J connectivity index is 1.70. The molecule has 0 aromatic heterocycles. The second-order valence-electron chi connectivity index (χ2n) is 6.30. The van der Waals surface area contributed by atoms with Crippen LogP contribution in [0.1, 0.15) is 56.2 Å². The molecular formula is C17H26N2. The number of benzene rings is 1. The van der Waals surface area contributed by atoms with Crippen LogP contribution in [-0.4, -0.2) is 13.1 Å². The molecule has 1 atom stereocenters. The van der Waals surface area contributed by atoms with Gasteiger partial charge in [0.15, 0.2) is 0 Å². The number of hydrogen-bond donors (Lipinski definition) is 2. The summed E-state index contributed by atoms with van der Waals surface area (Å²) in [6.45, 7) is 5.69. The summed E-state index contributed by atoms with van der Waals surface area (Å²) in [5.41, 5.74) is 3.59. The first-order chi connectivity index (χ1) is 9.33. The summed E-state index contributed by atoms with van der Waals surface area (Å²) in [5, 5.41) is 7.40. The van der Waals surface area contributed by atoms with Crippen LogP contribution in [0.25, 0.3) is 0 Å². The highest BCUT2D eigenvalue weighted by molar-refractivity contribution is 5.31. The van der Waals surface area contributed by atoms with Gasteiger partial charge in [0, 0.05) is 19.1 Å². The molecule has 0 bridgehead atoms. The summed E-state index contributed by atoms with van der Waals surface area (Å²) >= 11 is 0. The minimum atomic E-state index is 0.537. The van der Waals surface area contributed by atoms with Gasteiger partial charge in [0.25, 0.3) is 0 Å². The normalized spacial score (nSPS) is 25.2. The predicted octanol–water partition coefficient (Wildman–Crippen LogP) is 3.39. The van der Waals surface area contributed by atoms with E-state index in [1.54, 1.807) is 0 Å². The van der Waals surface area contributed by atoms with E-state index in [1.807, 2.05) is 0 Å². The largest absolute Gasteiger partial charge is 0.313 e. The maximum absolute atomic E-state index is 3.87. The number of rotatable bonds is 4. The second kappa shape index (κ2) is 5.64. The highest BCUT2D eigenvalue weighted by Gasteiger charge is 2.35. The topological polar surface area (TPSA) is 24.1 Å². The molecule has 1 fully saturated rings. The van der Waals surface area contributed by atoms with Crippen LogP contribution in [0.4, 0.5) is 0 Å². The Hall–Kier alpha value is -0.860. The molecule has 1 saturated carbocycles. The lowest BCUT2D eigenvalue weighted by Crippen LogP contribution is -2.41. The van der Waals surface area contributed by atoms with Gasteiger partial charge in [-0.15, -0.1) is 0 Å². The van der Waals surface area contributed by atoms with E-state index in [1.165, 1.54) is 49.8 Å². The quantitative estimate of drug-likeness (QED) is 0.865. The fourth-order valence-electron chi connectivity index (χ4n) is 3.54. The number of nitrogens with one attached hydrogen (secondary N) is 2. The Bertz CT molecular complexity index is 418. The van der Waals surface area contributed by atoms with Gasteiger partial charge in [-0.25, -0.2) is 0 Å². The summed E-state index contributed by atoms with van der Waals surface area (Å²) in [5.74, 6) is 0. The van der Waals surface area contributed by atoms with E-state index >= 15 is 0 Å². The summed E-state index contributed by atoms with van der Waals surface area (Å²) in [4.78, 5) is 0. The fraction of sp³-hybridized carbons (Fsp3) is 0.647. The van der Waals surface area contributed by atoms with E-state index in [0.717, 1.165) is 13.1 Å². The number of hydrogen-bond acceptors (Lipinski definition) is 2. The van der Waals surface area contributed by atoms with Gasteiger partial charge in [-0.05, 0) is 48.8 Å². The van der Waals surface area contributed by atoms with Crippen molar-refractivity contribution in [3.05, 3.63) is 35.4 Å². The molecule has 0 amide bonds. The summed E-state index contributed by atoms with van der Waals surface area (Å²) in [6, 6.07) is 9.44. The first-order valence-corrected chi connectivity index (χ1v) is 7.85. The SMILES string of the molecule is CCC1(CNC2CCNCc3ccccc32)CCC1. The molecule has 1 heterocycles. The van der Waals surface area contributed by atoms with Gasteiger partial charge in [-0.2, -0.15) is 0 Å². The molecule has 2 nitrogen and oxygen atoms in total. The molecule has 0 saturated heterocycles. The Morgan fingerprint density at radius 3 is 2.89 bits per heavy atom. The monoisotopic (exact) mass is 258 g/mol. The third-order valence-corrected chi connectivity index (χ3v) is 5.24. The molecule has 19 heavy (non-hydrogen) atoms. The van der Waals surface area contributed by atoms with Crippen molar-refractivity contribution in [2.24, 2.45) is 5.41 Å². The van der Waals surface area contributed by atoms with Crippen molar-refractivity contribution in [1.29, 1.82) is 0 Å². The van der Waals surface area contributed by atoms with Crippen LogP contribution in [0, 0.1) is 5.41 Å². The molecule has 1 aromatic carbocycles. The van der Waals surface area contributed by atoms with Crippen LogP contribution in [0.3, 0.4) is 0 Å². The molecule has 2 heteroatoms. The zero-order chi connectivity index (χ0) is 13.1. The lowest BCUT2D eigenvalue weighted by atomic mass is 9.67. The molecule has 2 N–H and O–H groups in total. The highest BCUT2D eigenvalue weighted by Crippen LogP contribution is 2.43. The van der Waals surface area contributed by atoms with Crippen LogP contribution >= 0.6 is 0 Å². The van der Waals surface area contributed by atoms with Crippen molar-refractivity contribution in [2.45, 2.75) is 51.6 Å². The molecule has 1 aromatic rings. The summed E-state index contributed by atoms with van der Waals surface area (Å²) in [7, 11) is 0. The Labute approximate surface area is 117 Å². The van der Waals surface area contributed by atoms with E-state index in [-0.39, 0.29) is 0 Å². The van der Waals surface area contributed by atoms with Crippen LogP contribution in [-0.2, 0) is 6.54 Å². The third-order valence-electron chi connectivity index (χ3n) is 5.24. The van der Waals surface area contributed by atoms with E-state index in [0.29, 0.717) is 11.5 Å². The van der Waals surface area contributed by atoms with Crippen molar-refractivity contribution < 1.29 is 0 Å². The van der Waals surface area contributed by atoms with Gasteiger partial charge in [-0.1, -0.05) is 37.6 Å². The Kier molecular flexibility index (Phi) is 3.90. The summed E-state index contributed by atoms with van der Waals surface area (Å²) < 4.78 is 0. The first kappa shape index (κ1) is 13.1. The standard InChI is InChI=1S/C17H26N2/c1-2-17(9-5-10-17)13-19-16-8-11-18-12-14-6-3-4-7-15(14)16/h3-4,6-7,16,18-19H,2,5,8-13H2,1H3. The van der Waals surface area contributed by atoms with E-state index in [4.69, 9.17) is 0 Å². The van der Waals surface area contributed by atoms with Gasteiger partial charge in [0.1, 0.15) is 0 Å². The van der Waals surface area contributed by atoms with Gasteiger partial charge >= 0.3 is 0 Å². The second-order valence-corrected chi connectivity index (χ2v) is 6.30. The van der Waals surface area contributed by atoms with Gasteiger partial charge in [0.2, 0.25) is 0 Å². The lowest BCUT2D eigenvalue weighted by molar-refractivity contribution is 0.118. The lowest BCUT2D eigenvalue weighted by Gasteiger charge is -2.42. The van der Waals surface area contributed by atoms with E-state index in [2.05, 4.69) is 41.8 Å². The minimum absolute atomic E-state index is 0.537. The van der Waals surface area contributed by atoms with E-state index in [9.17, 15) is 0 Å². The number of fused-ring (bicyclic) bond motifs is 1. The maximum atomic E-state index is 3.87. The molecule has 1 aliphatic heterocycles. The Morgan fingerprint density at radius 2 is 2.16 bits per heavy atom. The smallest absolute Gasteiger partial charge is 0.0335 e. The molecule has 1 unspecified atom stereocenters. The van der Waals surface area contributed by atoms with Crippen molar-refractivity contribution in [3.8, 4) is 0 Å². The van der Waals surface area contributed by atoms with Crippen molar-refractivity contribution >= 4 is 0 Å². The van der Waals surface area contributed by atoms with Crippen molar-refractivity contribution in [1.82, 2.24) is 10.6 Å². The van der Waals surface area contributed by atoms with Gasteiger partial charge < -0.3 is 10.6 Å². The van der Waals surface area contributed by atoms with Gasteiger partial charge in [-0.3, -0.25) is 0 Å². The minimum Gasteiger partial charge on any atom is -0.313 e. The van der Waals surface area contributed by atoms with Crippen molar-refractivity contribution in [3.63, 3.8) is 0 Å². The predicted molar refractivity (Wildman–Crippen MR) is 80.1 cm³/mol. The average Bonchev–Trinajstić information content (AvgIpc) is 2.61. The molecule has 0 spiro atoms. The molecule has 2 aliphatic rings. The van der Waals surface area contributed by atoms with E-state index < -0.39 is 0 Å². The van der Waals surface area contributed by atoms with Crippen LogP contribution in [0.15, 0.2) is 24.3 Å². The van der Waals surface area contributed by atoms with Crippen molar-refractivity contribution in [2.75, 3.05) is 13.1 Å². The molecular weight excluding hydrogens is 232 g/mol. The highest BCUT2D eigenvalue weighted by atomic mass is 15.0. The molecule has 3 rings (SSSR count).